The summed E-state index contributed by atoms with van der Waals surface area (Å²) in [6.45, 7) is 4.32. The summed E-state index contributed by atoms with van der Waals surface area (Å²) < 4.78 is 1.64. The van der Waals surface area contributed by atoms with E-state index < -0.39 is 5.97 Å². The number of aromatic carboxylic acids is 1. The van der Waals surface area contributed by atoms with Crippen LogP contribution in [0.15, 0.2) is 16.9 Å². The zero-order valence-electron chi connectivity index (χ0n) is 8.28. The van der Waals surface area contributed by atoms with Crippen molar-refractivity contribution >= 4 is 5.97 Å². The Labute approximate surface area is 81.8 Å². The molecule has 0 atom stereocenters. The van der Waals surface area contributed by atoms with Crippen molar-refractivity contribution in [3.05, 3.63) is 33.7 Å². The Balaban J connectivity index is 3.36. The number of rotatable bonds is 3. The van der Waals surface area contributed by atoms with Crippen LogP contribution < -0.4 is 5.43 Å². The topological polar surface area (TPSA) is 59.3 Å². The molecular formula is C10H13NO3. The molecule has 0 aliphatic rings. The number of carbonyl (C=O) groups is 1. The highest BCUT2D eigenvalue weighted by Gasteiger charge is 2.10. The molecule has 4 heteroatoms. The minimum Gasteiger partial charge on any atom is -0.477 e. The van der Waals surface area contributed by atoms with E-state index in [1.54, 1.807) is 11.5 Å². The van der Waals surface area contributed by atoms with Crippen LogP contribution in [0.3, 0.4) is 0 Å². The van der Waals surface area contributed by atoms with E-state index in [0.717, 1.165) is 12.5 Å². The lowest BCUT2D eigenvalue weighted by Gasteiger charge is -2.12. The molecule has 76 valence electrons. The number of aromatic nitrogens is 1. The minimum atomic E-state index is -1.06. The maximum Gasteiger partial charge on any atom is 0.352 e. The first-order valence-corrected chi connectivity index (χ1v) is 4.51. The lowest BCUT2D eigenvalue weighted by Crippen LogP contribution is -2.18. The van der Waals surface area contributed by atoms with Gasteiger partial charge in [0.1, 0.15) is 5.69 Å². The molecule has 0 aliphatic carbocycles. The minimum absolute atomic E-state index is 0.0665. The van der Waals surface area contributed by atoms with Crippen LogP contribution in [-0.4, -0.2) is 15.6 Å². The largest absolute Gasteiger partial charge is 0.477 e. The molecule has 1 heterocycles. The molecule has 0 saturated carbocycles. The van der Waals surface area contributed by atoms with Crippen molar-refractivity contribution in [2.45, 2.75) is 26.8 Å². The second kappa shape index (κ2) is 4.09. The zero-order valence-corrected chi connectivity index (χ0v) is 8.28. The van der Waals surface area contributed by atoms with E-state index in [0.29, 0.717) is 12.2 Å². The SMILES string of the molecule is CCCn1c(C)cc(=O)cc1C(=O)O. The predicted octanol–water partition coefficient (Wildman–Crippen LogP) is 1.26. The van der Waals surface area contributed by atoms with Crippen molar-refractivity contribution in [1.29, 1.82) is 0 Å². The first-order valence-electron chi connectivity index (χ1n) is 4.51. The molecule has 0 unspecified atom stereocenters. The van der Waals surface area contributed by atoms with Gasteiger partial charge in [-0.05, 0) is 13.3 Å². The van der Waals surface area contributed by atoms with Crippen LogP contribution in [0.5, 0.6) is 0 Å². The molecule has 0 bridgehead atoms. The summed E-state index contributed by atoms with van der Waals surface area (Å²) in [6.07, 6.45) is 0.837. The van der Waals surface area contributed by atoms with Crippen molar-refractivity contribution < 1.29 is 9.90 Å². The van der Waals surface area contributed by atoms with Crippen molar-refractivity contribution in [1.82, 2.24) is 4.57 Å². The van der Waals surface area contributed by atoms with Gasteiger partial charge >= 0.3 is 5.97 Å². The molecule has 1 rings (SSSR count). The molecule has 0 amide bonds. The highest BCUT2D eigenvalue weighted by atomic mass is 16.4. The smallest absolute Gasteiger partial charge is 0.352 e. The summed E-state index contributed by atoms with van der Waals surface area (Å²) >= 11 is 0. The Morgan fingerprint density at radius 3 is 2.64 bits per heavy atom. The second-order valence-corrected chi connectivity index (χ2v) is 3.17. The predicted molar refractivity (Wildman–Crippen MR) is 52.7 cm³/mol. The summed E-state index contributed by atoms with van der Waals surface area (Å²) in [7, 11) is 0. The van der Waals surface area contributed by atoms with Crippen LogP contribution in [0, 0.1) is 6.92 Å². The average molecular weight is 195 g/mol. The van der Waals surface area contributed by atoms with Gasteiger partial charge in [-0.3, -0.25) is 4.79 Å². The molecule has 1 aromatic rings. The number of nitrogens with zero attached hydrogens (tertiary/aromatic N) is 1. The molecule has 0 spiro atoms. The summed E-state index contributed by atoms with van der Waals surface area (Å²) in [4.78, 5) is 21.9. The Morgan fingerprint density at radius 1 is 1.50 bits per heavy atom. The number of pyridine rings is 1. The molecule has 0 aliphatic heterocycles. The van der Waals surface area contributed by atoms with Gasteiger partial charge in [0.25, 0.3) is 0 Å². The number of hydrogen-bond acceptors (Lipinski definition) is 2. The van der Waals surface area contributed by atoms with Crippen LogP contribution in [0.25, 0.3) is 0 Å². The lowest BCUT2D eigenvalue weighted by atomic mass is 10.2. The zero-order chi connectivity index (χ0) is 10.7. The number of aryl methyl sites for hydroxylation is 1. The monoisotopic (exact) mass is 195 g/mol. The quantitative estimate of drug-likeness (QED) is 0.790. The van der Waals surface area contributed by atoms with Crippen LogP contribution in [-0.2, 0) is 6.54 Å². The standard InChI is InChI=1S/C10H13NO3/c1-3-4-11-7(2)5-8(12)6-9(11)10(13)14/h5-6H,3-4H2,1-2H3,(H,13,14). The molecule has 14 heavy (non-hydrogen) atoms. The van der Waals surface area contributed by atoms with E-state index in [9.17, 15) is 9.59 Å². The van der Waals surface area contributed by atoms with E-state index in [4.69, 9.17) is 5.11 Å². The van der Waals surface area contributed by atoms with E-state index >= 15 is 0 Å². The van der Waals surface area contributed by atoms with Crippen LogP contribution in [0.4, 0.5) is 0 Å². The van der Waals surface area contributed by atoms with Gasteiger partial charge in [0.2, 0.25) is 0 Å². The third-order valence-electron chi connectivity index (χ3n) is 2.01. The Kier molecular flexibility index (Phi) is 3.06. The molecule has 0 saturated heterocycles. The fraction of sp³-hybridized carbons (Fsp3) is 0.400. The number of hydrogen-bond donors (Lipinski definition) is 1. The van der Waals surface area contributed by atoms with Gasteiger partial charge in [-0.2, -0.15) is 0 Å². The normalized spacial score (nSPS) is 10.1. The summed E-state index contributed by atoms with van der Waals surface area (Å²) in [5.74, 6) is -1.06. The van der Waals surface area contributed by atoms with Crippen molar-refractivity contribution in [3.8, 4) is 0 Å². The van der Waals surface area contributed by atoms with Gasteiger partial charge in [-0.25, -0.2) is 4.79 Å². The average Bonchev–Trinajstić information content (AvgIpc) is 2.09. The highest BCUT2D eigenvalue weighted by Crippen LogP contribution is 2.04. The molecule has 0 fully saturated rings. The third kappa shape index (κ3) is 2.02. The Hall–Kier alpha value is -1.58. The van der Waals surface area contributed by atoms with Gasteiger partial charge < -0.3 is 9.67 Å². The van der Waals surface area contributed by atoms with Gasteiger partial charge in [0.15, 0.2) is 5.43 Å². The third-order valence-corrected chi connectivity index (χ3v) is 2.01. The molecule has 1 aromatic heterocycles. The second-order valence-electron chi connectivity index (χ2n) is 3.17. The first kappa shape index (κ1) is 10.5. The van der Waals surface area contributed by atoms with Crippen molar-refractivity contribution in [2.24, 2.45) is 0 Å². The lowest BCUT2D eigenvalue weighted by molar-refractivity contribution is 0.0683. The molecule has 0 aromatic carbocycles. The summed E-state index contributed by atoms with van der Waals surface area (Å²) in [5.41, 5.74) is 0.501. The van der Waals surface area contributed by atoms with E-state index in [1.165, 1.54) is 6.07 Å². The maximum absolute atomic E-state index is 11.1. The van der Waals surface area contributed by atoms with Crippen molar-refractivity contribution in [3.63, 3.8) is 0 Å². The van der Waals surface area contributed by atoms with Gasteiger partial charge in [0.05, 0.1) is 0 Å². The fourth-order valence-electron chi connectivity index (χ4n) is 1.43. The van der Waals surface area contributed by atoms with Crippen molar-refractivity contribution in [2.75, 3.05) is 0 Å². The number of carboxylic acid groups (broad SMARTS) is 1. The highest BCUT2D eigenvalue weighted by molar-refractivity contribution is 5.85. The first-order chi connectivity index (χ1) is 6.56. The van der Waals surface area contributed by atoms with E-state index in [2.05, 4.69) is 0 Å². The summed E-state index contributed by atoms with van der Waals surface area (Å²) in [5, 5.41) is 8.88. The number of carboxylic acids is 1. The molecule has 1 N–H and O–H groups in total. The van der Waals surface area contributed by atoms with Crippen LogP contribution in [0.1, 0.15) is 29.5 Å². The molecule has 0 radical (unpaired) electrons. The Morgan fingerprint density at radius 2 is 2.14 bits per heavy atom. The van der Waals surface area contributed by atoms with Crippen LogP contribution in [0.2, 0.25) is 0 Å². The fourth-order valence-corrected chi connectivity index (χ4v) is 1.43. The van der Waals surface area contributed by atoms with E-state index in [1.807, 2.05) is 6.92 Å². The maximum atomic E-state index is 11.1. The van der Waals surface area contributed by atoms with Gasteiger partial charge in [0, 0.05) is 24.4 Å². The Bertz CT molecular complexity index is 406. The summed E-state index contributed by atoms with van der Waals surface area (Å²) in [6, 6.07) is 2.60. The van der Waals surface area contributed by atoms with E-state index in [-0.39, 0.29) is 11.1 Å². The van der Waals surface area contributed by atoms with Gasteiger partial charge in [-0.1, -0.05) is 6.92 Å². The molecule has 4 nitrogen and oxygen atoms in total. The molecular weight excluding hydrogens is 182 g/mol. The van der Waals surface area contributed by atoms with Gasteiger partial charge in [-0.15, -0.1) is 0 Å². The van der Waals surface area contributed by atoms with Crippen LogP contribution >= 0.6 is 0 Å².